The van der Waals surface area contributed by atoms with Gasteiger partial charge in [0.2, 0.25) is 0 Å². The minimum Gasteiger partial charge on any atom is -0.376 e. The molecule has 0 unspecified atom stereocenters. The van der Waals surface area contributed by atoms with Crippen LogP contribution in [0.25, 0.3) is 0 Å². The van der Waals surface area contributed by atoms with E-state index < -0.39 is 22.8 Å². The molecule has 9 heteroatoms. The lowest BCUT2D eigenvalue weighted by Gasteiger charge is -2.20. The van der Waals surface area contributed by atoms with Crippen molar-refractivity contribution in [3.63, 3.8) is 0 Å². The van der Waals surface area contributed by atoms with Gasteiger partial charge >= 0.3 is 6.18 Å². The minimum absolute atomic E-state index is 0.136. The zero-order valence-corrected chi connectivity index (χ0v) is 12.3. The summed E-state index contributed by atoms with van der Waals surface area (Å²) in [5, 5.41) is 5.19. The average molecular weight is 326 g/mol. The highest BCUT2D eigenvalue weighted by molar-refractivity contribution is 6.34. The molecule has 1 N–H and O–H groups in total. The van der Waals surface area contributed by atoms with Crippen LogP contribution in [0.5, 0.6) is 0 Å². The van der Waals surface area contributed by atoms with Crippen LogP contribution in [0.2, 0.25) is 5.02 Å². The highest BCUT2D eigenvalue weighted by Crippen LogP contribution is 2.35. The molecule has 118 valence electrons. The summed E-state index contributed by atoms with van der Waals surface area (Å²) in [6.45, 7) is 2.36. The molecule has 1 aromatic rings. The maximum absolute atomic E-state index is 12.7. The fourth-order valence-corrected chi connectivity index (χ4v) is 2.64. The number of carbonyl (C=O) groups is 1. The SMILES string of the molecule is C[C@H](NC(=O)c1c(Cl)c(C(F)(F)F)nn1C)[C@@H]1CCCO1. The Morgan fingerprint density at radius 2 is 2.24 bits per heavy atom. The third-order valence-electron chi connectivity index (χ3n) is 3.35. The van der Waals surface area contributed by atoms with Crippen molar-refractivity contribution in [2.75, 3.05) is 6.61 Å². The maximum atomic E-state index is 12.7. The Morgan fingerprint density at radius 1 is 1.57 bits per heavy atom. The highest BCUT2D eigenvalue weighted by atomic mass is 35.5. The lowest BCUT2D eigenvalue weighted by molar-refractivity contribution is -0.141. The molecule has 2 rings (SSSR count). The van der Waals surface area contributed by atoms with Crippen molar-refractivity contribution >= 4 is 17.5 Å². The van der Waals surface area contributed by atoms with Gasteiger partial charge in [-0.25, -0.2) is 0 Å². The summed E-state index contributed by atoms with van der Waals surface area (Å²) in [4.78, 5) is 12.1. The van der Waals surface area contributed by atoms with Crippen molar-refractivity contribution in [2.45, 2.75) is 38.1 Å². The molecule has 1 aliphatic heterocycles. The molecule has 0 spiro atoms. The zero-order valence-electron chi connectivity index (χ0n) is 11.5. The maximum Gasteiger partial charge on any atom is 0.436 e. The van der Waals surface area contributed by atoms with E-state index in [0.717, 1.165) is 17.5 Å². The molecule has 5 nitrogen and oxygen atoms in total. The summed E-state index contributed by atoms with van der Waals surface area (Å²) >= 11 is 5.66. The molecule has 21 heavy (non-hydrogen) atoms. The fraction of sp³-hybridized carbons (Fsp3) is 0.667. The van der Waals surface area contributed by atoms with Crippen LogP contribution in [0.4, 0.5) is 13.2 Å². The van der Waals surface area contributed by atoms with Crippen LogP contribution in [0.1, 0.15) is 35.9 Å². The Labute approximate surface area is 124 Å². The molecule has 1 saturated heterocycles. The molecular formula is C12H15ClF3N3O2. The molecule has 1 fully saturated rings. The van der Waals surface area contributed by atoms with Gasteiger partial charge in [-0.15, -0.1) is 0 Å². The summed E-state index contributed by atoms with van der Waals surface area (Å²) in [6.07, 6.45) is -3.14. The molecule has 2 atom stereocenters. The Balaban J connectivity index is 2.17. The Morgan fingerprint density at radius 3 is 2.71 bits per heavy atom. The van der Waals surface area contributed by atoms with E-state index in [0.29, 0.717) is 6.61 Å². The molecule has 0 saturated carbocycles. The van der Waals surface area contributed by atoms with Gasteiger partial charge in [-0.3, -0.25) is 9.48 Å². The van der Waals surface area contributed by atoms with E-state index in [1.54, 1.807) is 6.92 Å². The summed E-state index contributed by atoms with van der Waals surface area (Å²) in [5.41, 5.74) is -1.57. The van der Waals surface area contributed by atoms with Crippen molar-refractivity contribution in [1.82, 2.24) is 15.1 Å². The quantitative estimate of drug-likeness (QED) is 0.928. The number of ether oxygens (including phenoxy) is 1. The number of aromatic nitrogens is 2. The number of amides is 1. The Bertz CT molecular complexity index is 539. The monoisotopic (exact) mass is 325 g/mol. The molecular weight excluding hydrogens is 311 g/mol. The minimum atomic E-state index is -4.70. The second-order valence-electron chi connectivity index (χ2n) is 4.95. The Hall–Kier alpha value is -1.28. The molecule has 1 aromatic heterocycles. The number of alkyl halides is 3. The smallest absolute Gasteiger partial charge is 0.376 e. The molecule has 1 amide bonds. The fourth-order valence-electron chi connectivity index (χ4n) is 2.29. The predicted molar refractivity (Wildman–Crippen MR) is 69.1 cm³/mol. The van der Waals surface area contributed by atoms with Gasteiger partial charge in [0.05, 0.1) is 12.1 Å². The summed E-state index contributed by atoms with van der Waals surface area (Å²) in [5.74, 6) is -0.700. The molecule has 0 aliphatic carbocycles. The van der Waals surface area contributed by atoms with E-state index in [2.05, 4.69) is 10.4 Å². The molecule has 0 bridgehead atoms. The van der Waals surface area contributed by atoms with Gasteiger partial charge in [0, 0.05) is 13.7 Å². The van der Waals surface area contributed by atoms with E-state index in [9.17, 15) is 18.0 Å². The third-order valence-corrected chi connectivity index (χ3v) is 3.71. The van der Waals surface area contributed by atoms with Crippen molar-refractivity contribution < 1.29 is 22.7 Å². The van der Waals surface area contributed by atoms with E-state index in [1.165, 1.54) is 7.05 Å². The number of aryl methyl sites for hydroxylation is 1. The molecule has 1 aliphatic rings. The van der Waals surface area contributed by atoms with E-state index in [1.807, 2.05) is 0 Å². The molecule has 0 radical (unpaired) electrons. The van der Waals surface area contributed by atoms with Gasteiger partial charge in [-0.05, 0) is 19.8 Å². The first-order valence-electron chi connectivity index (χ1n) is 6.44. The number of halogens is 4. The van der Waals surface area contributed by atoms with Gasteiger partial charge in [0.15, 0.2) is 5.69 Å². The van der Waals surface area contributed by atoms with Crippen LogP contribution in [-0.2, 0) is 18.0 Å². The summed E-state index contributed by atoms with van der Waals surface area (Å²) < 4.78 is 44.4. The number of nitrogens with one attached hydrogen (secondary N) is 1. The largest absolute Gasteiger partial charge is 0.436 e. The van der Waals surface area contributed by atoms with Gasteiger partial charge in [-0.2, -0.15) is 18.3 Å². The predicted octanol–water partition coefficient (Wildman–Crippen LogP) is 2.39. The van der Waals surface area contributed by atoms with Crippen LogP contribution in [-0.4, -0.2) is 34.4 Å². The van der Waals surface area contributed by atoms with Crippen molar-refractivity contribution in [3.05, 3.63) is 16.4 Å². The topological polar surface area (TPSA) is 56.2 Å². The van der Waals surface area contributed by atoms with E-state index in [-0.39, 0.29) is 17.8 Å². The van der Waals surface area contributed by atoms with Crippen LogP contribution in [0.15, 0.2) is 0 Å². The first kappa shape index (κ1) is 16.1. The van der Waals surface area contributed by atoms with Gasteiger partial charge in [-0.1, -0.05) is 11.6 Å². The van der Waals surface area contributed by atoms with Crippen LogP contribution in [0.3, 0.4) is 0 Å². The van der Waals surface area contributed by atoms with Crippen LogP contribution >= 0.6 is 11.6 Å². The highest BCUT2D eigenvalue weighted by Gasteiger charge is 2.40. The number of rotatable bonds is 3. The lowest BCUT2D eigenvalue weighted by atomic mass is 10.1. The standard InChI is InChI=1S/C12H15ClF3N3O2/c1-6(7-4-3-5-21-7)17-11(20)9-8(13)10(12(14,15)16)18-19(9)2/h6-7H,3-5H2,1-2H3,(H,17,20)/t6-,7-/m0/s1. The third kappa shape index (κ3) is 3.32. The van der Waals surface area contributed by atoms with Gasteiger partial charge in [0.25, 0.3) is 5.91 Å². The zero-order chi connectivity index (χ0) is 15.8. The average Bonchev–Trinajstić information content (AvgIpc) is 2.96. The lowest BCUT2D eigenvalue weighted by Crippen LogP contribution is -2.41. The molecule has 2 heterocycles. The van der Waals surface area contributed by atoms with E-state index in [4.69, 9.17) is 16.3 Å². The normalized spacial score (nSPS) is 20.6. The van der Waals surface area contributed by atoms with E-state index >= 15 is 0 Å². The number of hydrogen-bond acceptors (Lipinski definition) is 3. The Kier molecular flexibility index (Phi) is 4.48. The van der Waals surface area contributed by atoms with Crippen LogP contribution < -0.4 is 5.32 Å². The number of hydrogen-bond donors (Lipinski definition) is 1. The van der Waals surface area contributed by atoms with Crippen LogP contribution in [0, 0.1) is 0 Å². The van der Waals surface area contributed by atoms with Gasteiger partial charge < -0.3 is 10.1 Å². The second-order valence-corrected chi connectivity index (χ2v) is 5.32. The van der Waals surface area contributed by atoms with Crippen molar-refractivity contribution in [3.8, 4) is 0 Å². The number of nitrogens with zero attached hydrogens (tertiary/aromatic N) is 2. The summed E-state index contributed by atoms with van der Waals surface area (Å²) in [7, 11) is 1.24. The van der Waals surface area contributed by atoms with Crippen molar-refractivity contribution in [2.24, 2.45) is 7.05 Å². The van der Waals surface area contributed by atoms with Crippen molar-refractivity contribution in [1.29, 1.82) is 0 Å². The molecule has 0 aromatic carbocycles. The summed E-state index contributed by atoms with van der Waals surface area (Å²) in [6, 6.07) is -0.319. The first-order valence-corrected chi connectivity index (χ1v) is 6.81. The number of carbonyl (C=O) groups excluding carboxylic acids is 1. The second kappa shape index (κ2) is 5.84. The first-order chi connectivity index (χ1) is 9.71. The van der Waals surface area contributed by atoms with Gasteiger partial charge in [0.1, 0.15) is 10.7 Å².